The van der Waals surface area contributed by atoms with Crippen LogP contribution in [0.15, 0.2) is 0 Å². The van der Waals surface area contributed by atoms with Crippen LogP contribution >= 0.6 is 0 Å². The van der Waals surface area contributed by atoms with Gasteiger partial charge in [0.25, 0.3) is 0 Å². The SMILES string of the molecule is CCCC(C)C(N)CCCC(C)C. The van der Waals surface area contributed by atoms with E-state index in [1.165, 1.54) is 32.1 Å². The van der Waals surface area contributed by atoms with Crippen molar-refractivity contribution in [1.29, 1.82) is 0 Å². The standard InChI is InChI=1S/C12H27N/c1-5-7-11(4)12(13)9-6-8-10(2)3/h10-12H,5-9,13H2,1-4H3. The molecule has 0 aromatic rings. The second-order valence-corrected chi connectivity index (χ2v) is 4.75. The summed E-state index contributed by atoms with van der Waals surface area (Å²) >= 11 is 0. The Morgan fingerprint density at radius 1 is 1.00 bits per heavy atom. The minimum absolute atomic E-state index is 0.429. The fourth-order valence-electron chi connectivity index (χ4n) is 1.72. The van der Waals surface area contributed by atoms with Gasteiger partial charge in [-0.15, -0.1) is 0 Å². The maximum absolute atomic E-state index is 6.09. The second kappa shape index (κ2) is 7.37. The Balaban J connectivity index is 3.43. The zero-order valence-electron chi connectivity index (χ0n) is 9.84. The van der Waals surface area contributed by atoms with Crippen molar-refractivity contribution in [3.05, 3.63) is 0 Å². The van der Waals surface area contributed by atoms with Gasteiger partial charge in [-0.25, -0.2) is 0 Å². The van der Waals surface area contributed by atoms with Crippen LogP contribution in [0, 0.1) is 11.8 Å². The van der Waals surface area contributed by atoms with E-state index in [0.717, 1.165) is 5.92 Å². The van der Waals surface area contributed by atoms with Gasteiger partial charge < -0.3 is 5.73 Å². The maximum Gasteiger partial charge on any atom is 0.00645 e. The molecule has 2 atom stereocenters. The predicted molar refractivity (Wildman–Crippen MR) is 60.7 cm³/mol. The van der Waals surface area contributed by atoms with Crippen LogP contribution in [0.2, 0.25) is 0 Å². The lowest BCUT2D eigenvalue weighted by molar-refractivity contribution is 0.381. The quantitative estimate of drug-likeness (QED) is 0.644. The molecule has 0 aromatic heterocycles. The summed E-state index contributed by atoms with van der Waals surface area (Å²) in [6.07, 6.45) is 6.38. The predicted octanol–water partition coefficient (Wildman–Crippen LogP) is 3.58. The lowest BCUT2D eigenvalue weighted by atomic mass is 9.92. The van der Waals surface area contributed by atoms with Crippen molar-refractivity contribution in [2.75, 3.05) is 0 Å². The van der Waals surface area contributed by atoms with Crippen LogP contribution in [0.3, 0.4) is 0 Å². The van der Waals surface area contributed by atoms with Crippen molar-refractivity contribution in [3.8, 4) is 0 Å². The molecule has 0 rings (SSSR count). The summed E-state index contributed by atoms with van der Waals surface area (Å²) in [5, 5.41) is 0. The largest absolute Gasteiger partial charge is 0.327 e. The van der Waals surface area contributed by atoms with Crippen LogP contribution in [0.4, 0.5) is 0 Å². The monoisotopic (exact) mass is 185 g/mol. The van der Waals surface area contributed by atoms with Crippen LogP contribution in [-0.2, 0) is 0 Å². The molecule has 0 radical (unpaired) electrons. The first-order valence-electron chi connectivity index (χ1n) is 5.83. The first-order chi connectivity index (χ1) is 6.07. The molecule has 0 aromatic carbocycles. The zero-order chi connectivity index (χ0) is 10.3. The van der Waals surface area contributed by atoms with E-state index in [1.807, 2.05) is 0 Å². The zero-order valence-corrected chi connectivity index (χ0v) is 9.84. The molecule has 0 amide bonds. The minimum Gasteiger partial charge on any atom is -0.327 e. The van der Waals surface area contributed by atoms with Crippen LogP contribution in [0.1, 0.15) is 59.8 Å². The van der Waals surface area contributed by atoms with Gasteiger partial charge in [0.15, 0.2) is 0 Å². The molecule has 2 unspecified atom stereocenters. The van der Waals surface area contributed by atoms with E-state index < -0.39 is 0 Å². The average molecular weight is 185 g/mol. The third-order valence-corrected chi connectivity index (χ3v) is 2.79. The molecule has 0 bridgehead atoms. The highest BCUT2D eigenvalue weighted by atomic mass is 14.6. The topological polar surface area (TPSA) is 26.0 Å². The molecule has 1 nitrogen and oxygen atoms in total. The van der Waals surface area contributed by atoms with Gasteiger partial charge in [-0.3, -0.25) is 0 Å². The molecule has 80 valence electrons. The molecule has 0 aliphatic rings. The van der Waals surface area contributed by atoms with Gasteiger partial charge in [-0.05, 0) is 24.7 Å². The Labute approximate surface area is 84.1 Å². The van der Waals surface area contributed by atoms with E-state index in [9.17, 15) is 0 Å². The van der Waals surface area contributed by atoms with Gasteiger partial charge in [-0.1, -0.05) is 47.0 Å². The first kappa shape index (κ1) is 13.0. The molecule has 0 fully saturated rings. The smallest absolute Gasteiger partial charge is 0.00645 e. The van der Waals surface area contributed by atoms with E-state index in [-0.39, 0.29) is 0 Å². The lowest BCUT2D eigenvalue weighted by Gasteiger charge is -2.19. The highest BCUT2D eigenvalue weighted by molar-refractivity contribution is 4.68. The highest BCUT2D eigenvalue weighted by Gasteiger charge is 2.11. The molecule has 13 heavy (non-hydrogen) atoms. The fourth-order valence-corrected chi connectivity index (χ4v) is 1.72. The van der Waals surface area contributed by atoms with Crippen molar-refractivity contribution in [2.45, 2.75) is 65.8 Å². The van der Waals surface area contributed by atoms with E-state index in [1.54, 1.807) is 0 Å². The van der Waals surface area contributed by atoms with Crippen molar-refractivity contribution in [1.82, 2.24) is 0 Å². The molecule has 0 saturated heterocycles. The number of hydrogen-bond donors (Lipinski definition) is 1. The highest BCUT2D eigenvalue weighted by Crippen LogP contribution is 2.15. The van der Waals surface area contributed by atoms with Crippen LogP contribution < -0.4 is 5.73 Å². The summed E-state index contributed by atoms with van der Waals surface area (Å²) in [6.45, 7) is 9.07. The molecule has 0 spiro atoms. The van der Waals surface area contributed by atoms with Gasteiger partial charge in [0.05, 0.1) is 0 Å². The van der Waals surface area contributed by atoms with Gasteiger partial charge in [0.2, 0.25) is 0 Å². The summed E-state index contributed by atoms with van der Waals surface area (Å²) in [4.78, 5) is 0. The van der Waals surface area contributed by atoms with Gasteiger partial charge >= 0.3 is 0 Å². The normalized spacial score (nSPS) is 16.2. The Hall–Kier alpha value is -0.0400. The van der Waals surface area contributed by atoms with E-state index in [0.29, 0.717) is 12.0 Å². The third-order valence-electron chi connectivity index (χ3n) is 2.79. The fraction of sp³-hybridized carbons (Fsp3) is 1.00. The molecule has 0 aliphatic carbocycles. The Morgan fingerprint density at radius 3 is 2.08 bits per heavy atom. The summed E-state index contributed by atoms with van der Waals surface area (Å²) in [7, 11) is 0. The van der Waals surface area contributed by atoms with Gasteiger partial charge in [-0.2, -0.15) is 0 Å². The summed E-state index contributed by atoms with van der Waals surface area (Å²) < 4.78 is 0. The summed E-state index contributed by atoms with van der Waals surface area (Å²) in [5.74, 6) is 1.53. The molecule has 1 heteroatoms. The molecular weight excluding hydrogens is 158 g/mol. The van der Waals surface area contributed by atoms with Crippen molar-refractivity contribution >= 4 is 0 Å². The Kier molecular flexibility index (Phi) is 7.35. The second-order valence-electron chi connectivity index (χ2n) is 4.75. The van der Waals surface area contributed by atoms with Crippen LogP contribution in [0.25, 0.3) is 0 Å². The maximum atomic E-state index is 6.09. The first-order valence-corrected chi connectivity index (χ1v) is 5.83. The molecule has 0 aliphatic heterocycles. The molecular formula is C12H27N. The lowest BCUT2D eigenvalue weighted by Crippen LogP contribution is -2.28. The molecule has 2 N–H and O–H groups in total. The third kappa shape index (κ3) is 7.06. The van der Waals surface area contributed by atoms with Gasteiger partial charge in [0.1, 0.15) is 0 Å². The van der Waals surface area contributed by atoms with E-state index in [2.05, 4.69) is 27.7 Å². The average Bonchev–Trinajstić information content (AvgIpc) is 2.04. The Morgan fingerprint density at radius 2 is 1.62 bits per heavy atom. The van der Waals surface area contributed by atoms with Crippen molar-refractivity contribution in [3.63, 3.8) is 0 Å². The van der Waals surface area contributed by atoms with Crippen LogP contribution in [-0.4, -0.2) is 6.04 Å². The minimum atomic E-state index is 0.429. The number of hydrogen-bond acceptors (Lipinski definition) is 1. The number of rotatable bonds is 7. The van der Waals surface area contributed by atoms with E-state index in [4.69, 9.17) is 5.73 Å². The molecule has 0 saturated carbocycles. The Bertz CT molecular complexity index is 110. The van der Waals surface area contributed by atoms with Crippen molar-refractivity contribution < 1.29 is 0 Å². The van der Waals surface area contributed by atoms with Crippen molar-refractivity contribution in [2.24, 2.45) is 17.6 Å². The molecule has 0 heterocycles. The van der Waals surface area contributed by atoms with Crippen LogP contribution in [0.5, 0.6) is 0 Å². The van der Waals surface area contributed by atoms with Gasteiger partial charge in [0, 0.05) is 6.04 Å². The summed E-state index contributed by atoms with van der Waals surface area (Å²) in [6, 6.07) is 0.429. The number of nitrogens with two attached hydrogens (primary N) is 1. The summed E-state index contributed by atoms with van der Waals surface area (Å²) in [5.41, 5.74) is 6.09. The van der Waals surface area contributed by atoms with E-state index >= 15 is 0 Å².